The number of nitrogens with one attached hydrogen (secondary N) is 2. The normalized spacial score (nSPS) is 11.8. The van der Waals surface area contributed by atoms with Crippen LogP contribution in [0.25, 0.3) is 33.8 Å². The molecule has 0 bridgehead atoms. The Bertz CT molecular complexity index is 1210. The van der Waals surface area contributed by atoms with E-state index in [1.165, 1.54) is 23.8 Å². The van der Waals surface area contributed by atoms with Crippen LogP contribution in [0.1, 0.15) is 18.1 Å². The van der Waals surface area contributed by atoms with E-state index >= 15 is 0 Å². The molecule has 162 valence electrons. The first-order chi connectivity index (χ1) is 15.6. The fourth-order valence-corrected chi connectivity index (χ4v) is 3.81. The first-order valence-corrected chi connectivity index (χ1v) is 10.7. The quantitative estimate of drug-likeness (QED) is 0.391. The summed E-state index contributed by atoms with van der Waals surface area (Å²) in [7, 11) is 1.40. The highest BCUT2D eigenvalue weighted by molar-refractivity contribution is 5.77. The third-order valence-electron chi connectivity index (χ3n) is 5.64. The number of carbonyl (C=O) groups is 1. The summed E-state index contributed by atoms with van der Waals surface area (Å²) in [6, 6.07) is 24.5. The van der Waals surface area contributed by atoms with Gasteiger partial charge >= 0.3 is 5.97 Å². The minimum Gasteiger partial charge on any atom is -0.468 e. The molecule has 0 aliphatic rings. The SMILES string of the molecule is COC(=O)[C@H](C)NCc1cccc(-c2nc(-c3cccc(-c4ccccc4)c3C)c[nH]2)c1. The van der Waals surface area contributed by atoms with Crippen LogP contribution in [-0.4, -0.2) is 29.1 Å². The lowest BCUT2D eigenvalue weighted by atomic mass is 9.95. The number of hydrogen-bond acceptors (Lipinski definition) is 4. The fourth-order valence-electron chi connectivity index (χ4n) is 3.81. The number of methoxy groups -OCH3 is 1. The average molecular weight is 426 g/mol. The first-order valence-electron chi connectivity index (χ1n) is 10.7. The molecule has 0 fully saturated rings. The zero-order valence-electron chi connectivity index (χ0n) is 18.6. The lowest BCUT2D eigenvalue weighted by Crippen LogP contribution is -2.34. The summed E-state index contributed by atoms with van der Waals surface area (Å²) < 4.78 is 4.77. The summed E-state index contributed by atoms with van der Waals surface area (Å²) in [5.74, 6) is 0.539. The van der Waals surface area contributed by atoms with Crippen LogP contribution >= 0.6 is 0 Å². The molecule has 1 aromatic heterocycles. The van der Waals surface area contributed by atoms with Gasteiger partial charge in [0.25, 0.3) is 0 Å². The topological polar surface area (TPSA) is 67.0 Å². The van der Waals surface area contributed by atoms with Crippen molar-refractivity contribution in [1.29, 1.82) is 0 Å². The number of aromatic amines is 1. The van der Waals surface area contributed by atoms with Crippen molar-refractivity contribution < 1.29 is 9.53 Å². The van der Waals surface area contributed by atoms with E-state index in [2.05, 4.69) is 65.8 Å². The third-order valence-corrected chi connectivity index (χ3v) is 5.64. The number of nitrogens with zero attached hydrogens (tertiary/aromatic N) is 1. The van der Waals surface area contributed by atoms with Crippen LogP contribution in [0.4, 0.5) is 0 Å². The summed E-state index contributed by atoms with van der Waals surface area (Å²) >= 11 is 0. The van der Waals surface area contributed by atoms with Crippen LogP contribution < -0.4 is 5.32 Å². The number of benzene rings is 3. The first kappa shape index (κ1) is 21.5. The highest BCUT2D eigenvalue weighted by atomic mass is 16.5. The molecule has 32 heavy (non-hydrogen) atoms. The maximum absolute atomic E-state index is 11.6. The highest BCUT2D eigenvalue weighted by Gasteiger charge is 2.13. The van der Waals surface area contributed by atoms with Gasteiger partial charge in [0.05, 0.1) is 12.8 Å². The molecule has 4 aromatic rings. The Hall–Kier alpha value is -3.70. The van der Waals surface area contributed by atoms with Crippen molar-refractivity contribution >= 4 is 5.97 Å². The molecule has 1 heterocycles. The van der Waals surface area contributed by atoms with E-state index in [1.807, 2.05) is 30.5 Å². The van der Waals surface area contributed by atoms with E-state index < -0.39 is 0 Å². The second-order valence-electron chi connectivity index (χ2n) is 7.80. The van der Waals surface area contributed by atoms with Crippen molar-refractivity contribution in [2.75, 3.05) is 7.11 Å². The Balaban J connectivity index is 1.57. The van der Waals surface area contributed by atoms with Gasteiger partial charge in [0, 0.05) is 23.9 Å². The van der Waals surface area contributed by atoms with Crippen molar-refractivity contribution in [2.45, 2.75) is 26.4 Å². The largest absolute Gasteiger partial charge is 0.468 e. The predicted molar refractivity (Wildman–Crippen MR) is 128 cm³/mol. The highest BCUT2D eigenvalue weighted by Crippen LogP contribution is 2.32. The van der Waals surface area contributed by atoms with Gasteiger partial charge in [0.15, 0.2) is 0 Å². The van der Waals surface area contributed by atoms with E-state index in [-0.39, 0.29) is 12.0 Å². The Morgan fingerprint density at radius 1 is 1.00 bits per heavy atom. The smallest absolute Gasteiger partial charge is 0.322 e. The predicted octanol–water partition coefficient (Wildman–Crippen LogP) is 5.37. The number of rotatable bonds is 7. The van der Waals surface area contributed by atoms with Crippen molar-refractivity contribution in [3.05, 3.63) is 90.1 Å². The molecule has 0 spiro atoms. The molecule has 0 amide bonds. The number of imidazole rings is 1. The maximum atomic E-state index is 11.6. The second kappa shape index (κ2) is 9.62. The molecule has 0 aliphatic carbocycles. The van der Waals surface area contributed by atoms with Gasteiger partial charge in [-0.2, -0.15) is 0 Å². The Morgan fingerprint density at radius 3 is 2.50 bits per heavy atom. The van der Waals surface area contributed by atoms with Gasteiger partial charge in [-0.3, -0.25) is 4.79 Å². The second-order valence-corrected chi connectivity index (χ2v) is 7.80. The molecule has 5 nitrogen and oxygen atoms in total. The van der Waals surface area contributed by atoms with Gasteiger partial charge in [-0.1, -0.05) is 66.7 Å². The summed E-state index contributed by atoms with van der Waals surface area (Å²) in [5.41, 5.74) is 7.70. The monoisotopic (exact) mass is 425 g/mol. The van der Waals surface area contributed by atoms with E-state index in [1.54, 1.807) is 6.92 Å². The van der Waals surface area contributed by atoms with E-state index in [0.29, 0.717) is 6.54 Å². The van der Waals surface area contributed by atoms with E-state index in [4.69, 9.17) is 9.72 Å². The van der Waals surface area contributed by atoms with Crippen molar-refractivity contribution in [3.63, 3.8) is 0 Å². The molecule has 0 unspecified atom stereocenters. The number of carbonyl (C=O) groups excluding carboxylic acids is 1. The molecule has 2 N–H and O–H groups in total. The summed E-state index contributed by atoms with van der Waals surface area (Å²) in [6.07, 6.45) is 1.96. The zero-order valence-corrected chi connectivity index (χ0v) is 18.6. The molecular weight excluding hydrogens is 398 g/mol. The molecule has 1 atom stereocenters. The zero-order chi connectivity index (χ0) is 22.5. The molecule has 4 rings (SSSR count). The molecular formula is C27H27N3O2. The van der Waals surface area contributed by atoms with Gasteiger partial charge in [-0.15, -0.1) is 0 Å². The molecule has 5 heteroatoms. The standard InChI is InChI=1S/C27H27N3O2/c1-18-23(21-10-5-4-6-11-21)13-8-14-24(18)25-17-29-26(30-25)22-12-7-9-20(15-22)16-28-19(2)27(31)32-3/h4-15,17,19,28H,16H2,1-3H3,(H,29,30)/t19-/m0/s1. The van der Waals surface area contributed by atoms with Gasteiger partial charge in [-0.05, 0) is 42.2 Å². The summed E-state index contributed by atoms with van der Waals surface area (Å²) in [6.45, 7) is 4.50. The van der Waals surface area contributed by atoms with Crippen LogP contribution in [0.3, 0.4) is 0 Å². The minimum absolute atomic E-state index is 0.273. The average Bonchev–Trinajstić information content (AvgIpc) is 3.33. The third kappa shape index (κ3) is 4.63. The van der Waals surface area contributed by atoms with Crippen LogP contribution in [0.5, 0.6) is 0 Å². The Kier molecular flexibility index (Phi) is 6.47. The molecule has 0 aliphatic heterocycles. The van der Waals surface area contributed by atoms with Crippen molar-refractivity contribution in [3.8, 4) is 33.8 Å². The summed E-state index contributed by atoms with van der Waals surface area (Å²) in [4.78, 5) is 19.8. The van der Waals surface area contributed by atoms with E-state index in [9.17, 15) is 4.79 Å². The Morgan fingerprint density at radius 2 is 1.72 bits per heavy atom. The molecule has 0 radical (unpaired) electrons. The number of esters is 1. The van der Waals surface area contributed by atoms with Crippen LogP contribution in [0.2, 0.25) is 0 Å². The molecule has 0 saturated heterocycles. The van der Waals surface area contributed by atoms with Gasteiger partial charge in [0.1, 0.15) is 11.9 Å². The van der Waals surface area contributed by atoms with Crippen LogP contribution in [0, 0.1) is 6.92 Å². The number of aromatic nitrogens is 2. The lowest BCUT2D eigenvalue weighted by molar-refractivity contribution is -0.142. The number of hydrogen-bond donors (Lipinski definition) is 2. The lowest BCUT2D eigenvalue weighted by Gasteiger charge is -2.11. The summed E-state index contributed by atoms with van der Waals surface area (Å²) in [5, 5.41) is 3.18. The van der Waals surface area contributed by atoms with E-state index in [0.717, 1.165) is 28.2 Å². The Labute approximate surface area is 188 Å². The van der Waals surface area contributed by atoms with Gasteiger partial charge in [-0.25, -0.2) is 4.98 Å². The molecule has 0 saturated carbocycles. The maximum Gasteiger partial charge on any atom is 0.322 e. The van der Waals surface area contributed by atoms with Crippen molar-refractivity contribution in [1.82, 2.24) is 15.3 Å². The fraction of sp³-hybridized carbons (Fsp3) is 0.185. The van der Waals surface area contributed by atoms with Gasteiger partial charge in [0.2, 0.25) is 0 Å². The minimum atomic E-state index is -0.362. The van der Waals surface area contributed by atoms with Crippen LogP contribution in [0.15, 0.2) is 79.0 Å². The van der Waals surface area contributed by atoms with Gasteiger partial charge < -0.3 is 15.0 Å². The van der Waals surface area contributed by atoms with Crippen molar-refractivity contribution in [2.24, 2.45) is 0 Å². The number of H-pyrrole nitrogens is 1. The molecule has 3 aromatic carbocycles. The number of ether oxygens (including phenoxy) is 1. The van der Waals surface area contributed by atoms with Crippen LogP contribution in [-0.2, 0) is 16.1 Å².